The lowest BCUT2D eigenvalue weighted by molar-refractivity contribution is -0.305. The highest BCUT2D eigenvalue weighted by Crippen LogP contribution is 1.86. The molecule has 0 fully saturated rings. The lowest BCUT2D eigenvalue weighted by Crippen LogP contribution is -2.13. The lowest BCUT2D eigenvalue weighted by atomic mass is 11.0. The van der Waals surface area contributed by atoms with Gasteiger partial charge in [-0.3, -0.25) is 0 Å². The maximum atomic E-state index is 9.92. The zero-order valence-corrected chi connectivity index (χ0v) is 4.60. The molecular formula is C2H5NO3S. The Hall–Kier alpha value is -0.290. The highest BCUT2D eigenvalue weighted by Gasteiger charge is 2.14. The van der Waals surface area contributed by atoms with Crippen LogP contribution in [0.15, 0.2) is 0 Å². The summed E-state index contributed by atoms with van der Waals surface area (Å²) >= 11 is -1.86. The summed E-state index contributed by atoms with van der Waals surface area (Å²) in [6.07, 6.45) is 0. The van der Waals surface area contributed by atoms with Crippen LogP contribution in [0.3, 0.4) is 0 Å². The smallest absolute Gasteiger partial charge is 0.300 e. The van der Waals surface area contributed by atoms with Crippen molar-refractivity contribution in [2.75, 3.05) is 5.75 Å². The van der Waals surface area contributed by atoms with Crippen molar-refractivity contribution in [3.8, 4) is 0 Å². The molecule has 0 N–H and O–H groups in total. The maximum absolute atomic E-state index is 9.92. The van der Waals surface area contributed by atoms with Crippen LogP contribution in [0, 0.1) is 10.1 Å². The molecule has 0 aromatic rings. The second kappa shape index (κ2) is 2.81. The molecule has 7 heavy (non-hydrogen) atoms. The van der Waals surface area contributed by atoms with Crippen molar-refractivity contribution in [1.29, 1.82) is 0 Å². The van der Waals surface area contributed by atoms with E-state index < -0.39 is 15.7 Å². The molecule has 0 aromatic heterocycles. The van der Waals surface area contributed by atoms with E-state index in [-0.39, 0.29) is 5.75 Å². The number of hydrogen-bond acceptors (Lipinski definition) is 3. The molecule has 0 saturated heterocycles. The minimum absolute atomic E-state index is 0.0903. The van der Waals surface area contributed by atoms with Gasteiger partial charge in [0.15, 0.2) is 5.75 Å². The topological polar surface area (TPSA) is 66.2 Å². The van der Waals surface area contributed by atoms with E-state index in [9.17, 15) is 14.7 Å². The van der Waals surface area contributed by atoms with E-state index in [1.807, 2.05) is 0 Å². The van der Waals surface area contributed by atoms with Gasteiger partial charge >= 0.3 is 0 Å². The van der Waals surface area contributed by atoms with E-state index in [0.29, 0.717) is 0 Å². The van der Waals surface area contributed by atoms with Gasteiger partial charge in [-0.2, -0.15) is 0 Å². The zero-order chi connectivity index (χ0) is 5.86. The Morgan fingerprint density at radius 1 is 1.86 bits per heavy atom. The van der Waals surface area contributed by atoms with Crippen LogP contribution < -0.4 is 0 Å². The Labute approximate surface area is 44.0 Å². The van der Waals surface area contributed by atoms with Gasteiger partial charge < -0.3 is 4.55 Å². The molecular weight excluding hydrogens is 118 g/mol. The van der Waals surface area contributed by atoms with Gasteiger partial charge in [-0.05, 0) is 6.92 Å². The van der Waals surface area contributed by atoms with Crippen molar-refractivity contribution in [3.63, 3.8) is 0 Å². The van der Waals surface area contributed by atoms with Gasteiger partial charge in [-0.1, -0.05) is 0 Å². The molecule has 0 spiro atoms. The van der Waals surface area contributed by atoms with Crippen LogP contribution >= 0.6 is 0 Å². The molecule has 0 aliphatic carbocycles. The molecule has 0 saturated carbocycles. The van der Waals surface area contributed by atoms with E-state index in [1.54, 1.807) is 0 Å². The predicted octanol–water partition coefficient (Wildman–Crippen LogP) is -0.0533. The van der Waals surface area contributed by atoms with Gasteiger partial charge in [0.2, 0.25) is 0 Å². The van der Waals surface area contributed by atoms with E-state index in [4.69, 9.17) is 0 Å². The SMILES string of the molecule is CC[S+]([O-])[N+](=O)[O-]. The first kappa shape index (κ1) is 6.71. The molecule has 0 amide bonds. The summed E-state index contributed by atoms with van der Waals surface area (Å²) in [7, 11) is 0. The van der Waals surface area contributed by atoms with Crippen LogP contribution in [0.25, 0.3) is 0 Å². The summed E-state index contributed by atoms with van der Waals surface area (Å²) in [6.45, 7) is 1.50. The minimum atomic E-state index is -1.86. The second-order valence-corrected chi connectivity index (χ2v) is 2.35. The van der Waals surface area contributed by atoms with Crippen molar-refractivity contribution in [1.82, 2.24) is 0 Å². The molecule has 4 nitrogen and oxygen atoms in total. The van der Waals surface area contributed by atoms with Crippen LogP contribution in [0.2, 0.25) is 0 Å². The molecule has 0 aromatic carbocycles. The van der Waals surface area contributed by atoms with Crippen LogP contribution in [-0.4, -0.2) is 14.6 Å². The fourth-order valence-electron chi connectivity index (χ4n) is 0.105. The molecule has 1 unspecified atom stereocenters. The molecule has 0 bridgehead atoms. The highest BCUT2D eigenvalue weighted by molar-refractivity contribution is 7.85. The van der Waals surface area contributed by atoms with Crippen LogP contribution in [0.5, 0.6) is 0 Å². The standard InChI is InChI=1S/C2H5NO3S/c1-2-7(6)3(4)5/h2H2,1H3. The summed E-state index contributed by atoms with van der Waals surface area (Å²) in [4.78, 5) is 9.44. The summed E-state index contributed by atoms with van der Waals surface area (Å²) < 4.78 is 9.12. The third kappa shape index (κ3) is 2.41. The fourth-order valence-corrected chi connectivity index (χ4v) is 0.316. The molecule has 42 valence electrons. The number of hydrogen-bond donors (Lipinski definition) is 0. The van der Waals surface area contributed by atoms with Crippen LogP contribution in [-0.2, 0) is 11.4 Å². The van der Waals surface area contributed by atoms with Crippen molar-refractivity contribution in [2.24, 2.45) is 0 Å². The number of nitrogens with zero attached hydrogens (tertiary/aromatic N) is 1. The number of rotatable bonds is 2. The van der Waals surface area contributed by atoms with Crippen LogP contribution in [0.4, 0.5) is 0 Å². The van der Waals surface area contributed by atoms with E-state index in [0.717, 1.165) is 0 Å². The van der Waals surface area contributed by atoms with Gasteiger partial charge in [0.05, 0.1) is 0 Å². The Morgan fingerprint density at radius 3 is 2.29 bits per heavy atom. The van der Waals surface area contributed by atoms with Crippen molar-refractivity contribution in [3.05, 3.63) is 10.1 Å². The molecule has 0 heterocycles. The van der Waals surface area contributed by atoms with Gasteiger partial charge in [0.25, 0.3) is 15.7 Å². The molecule has 0 aliphatic rings. The average Bonchev–Trinajstić information content (AvgIpc) is 1.65. The zero-order valence-electron chi connectivity index (χ0n) is 3.79. The summed E-state index contributed by atoms with van der Waals surface area (Å²) in [5.41, 5.74) is 0. The quantitative estimate of drug-likeness (QED) is 0.293. The van der Waals surface area contributed by atoms with Gasteiger partial charge in [0.1, 0.15) is 0 Å². The van der Waals surface area contributed by atoms with Crippen molar-refractivity contribution in [2.45, 2.75) is 6.92 Å². The Kier molecular flexibility index (Phi) is 2.70. The Bertz CT molecular complexity index is 75.3. The Balaban J connectivity index is 3.34. The van der Waals surface area contributed by atoms with Gasteiger partial charge in [0, 0.05) is 0 Å². The first-order chi connectivity index (χ1) is 3.18. The Morgan fingerprint density at radius 2 is 2.29 bits per heavy atom. The highest BCUT2D eigenvalue weighted by atomic mass is 32.2. The second-order valence-electron chi connectivity index (χ2n) is 0.834. The van der Waals surface area contributed by atoms with Gasteiger partial charge in [-0.15, -0.1) is 0 Å². The predicted molar refractivity (Wildman–Crippen MR) is 25.7 cm³/mol. The monoisotopic (exact) mass is 123 g/mol. The third-order valence-corrected chi connectivity index (χ3v) is 1.24. The van der Waals surface area contributed by atoms with E-state index >= 15 is 0 Å². The summed E-state index contributed by atoms with van der Waals surface area (Å²) in [5.74, 6) is 0.0903. The first-order valence-corrected chi connectivity index (χ1v) is 2.99. The third-order valence-electron chi connectivity index (χ3n) is 0.413. The van der Waals surface area contributed by atoms with Crippen LogP contribution in [0.1, 0.15) is 6.92 Å². The molecule has 0 rings (SSSR count). The largest absolute Gasteiger partial charge is 0.553 e. The lowest BCUT2D eigenvalue weighted by Gasteiger charge is -1.89. The molecule has 0 aliphatic heterocycles. The minimum Gasteiger partial charge on any atom is -0.553 e. The van der Waals surface area contributed by atoms with Gasteiger partial charge in [-0.25, -0.2) is 10.1 Å². The van der Waals surface area contributed by atoms with Crippen molar-refractivity contribution >= 4 is 11.4 Å². The molecule has 5 heteroatoms. The first-order valence-electron chi connectivity index (χ1n) is 1.71. The van der Waals surface area contributed by atoms with Crippen molar-refractivity contribution < 1.29 is 8.88 Å². The van der Waals surface area contributed by atoms with E-state index in [2.05, 4.69) is 0 Å². The summed E-state index contributed by atoms with van der Waals surface area (Å²) in [6, 6.07) is 0. The summed E-state index contributed by atoms with van der Waals surface area (Å²) in [5, 5.41) is 9.44. The molecule has 0 radical (unpaired) electrons. The number of nitro groups is 1. The van der Waals surface area contributed by atoms with E-state index in [1.165, 1.54) is 6.92 Å². The average molecular weight is 123 g/mol. The fraction of sp³-hybridized carbons (Fsp3) is 1.00. The normalized spacial score (nSPS) is 13.4. The molecule has 1 atom stereocenters. The maximum Gasteiger partial charge on any atom is 0.300 e.